The third kappa shape index (κ3) is 17.5. The highest BCUT2D eigenvalue weighted by Crippen LogP contribution is 2.20. The predicted octanol–water partition coefficient (Wildman–Crippen LogP) is 5.06. The molecule has 0 spiro atoms. The lowest BCUT2D eigenvalue weighted by atomic mass is 9.95. The van der Waals surface area contributed by atoms with Gasteiger partial charge in [0.25, 0.3) is 5.91 Å². The van der Waals surface area contributed by atoms with Crippen molar-refractivity contribution in [3.63, 3.8) is 0 Å². The third-order valence-corrected chi connectivity index (χ3v) is 12.9. The number of hydrogen-bond acceptors (Lipinski definition) is 14. The maximum Gasteiger partial charge on any atom is 0.426 e. The first kappa shape index (κ1) is 50.3. The number of aryl methyl sites for hydroxylation is 1. The van der Waals surface area contributed by atoms with Gasteiger partial charge in [0.1, 0.15) is 24.1 Å². The molecule has 3 rings (SSSR count). The van der Waals surface area contributed by atoms with Gasteiger partial charge < -0.3 is 30.1 Å². The number of carbonyl (C=O) groups excluding carboxylic acids is 6. The number of hydrogen-bond donors (Lipinski definition) is 5. The number of piperidine rings is 1. The molecule has 19 heteroatoms. The second kappa shape index (κ2) is 27.0. The average molecular weight is 894 g/mol. The minimum Gasteiger partial charge on any atom is -0.508 e. The standard InChI is InChI=1S/C41H63N7O9S3/c1-7-12-35(50)57-26-48(40(54)36(27(3)8-2)44-39(53)33-13-9-10-19-47(33)5)20-11-14-34-43-32(25-59-34)38(52)42-30(24-29-15-17-31(49)18-16-29)23-28(4)37(51)45-46-41(55)56-21-22-60-58-6/h15-18,25,27-28,30,33,36,49H,7-14,19-24,26H2,1-6H3,(H,42,52)(H,44,53)(H,45,51)(H,46,55). The highest BCUT2D eigenvalue weighted by molar-refractivity contribution is 8.76. The lowest BCUT2D eigenvalue weighted by Crippen LogP contribution is -2.57. The Hall–Kier alpha value is -4.07. The number of nitrogens with zero attached hydrogens (tertiary/aromatic N) is 3. The van der Waals surface area contributed by atoms with Crippen LogP contribution < -0.4 is 21.5 Å². The molecule has 0 radical (unpaired) electrons. The van der Waals surface area contributed by atoms with E-state index in [0.717, 1.165) is 31.4 Å². The van der Waals surface area contributed by atoms with Crippen LogP contribution in [0.3, 0.4) is 0 Å². The molecule has 0 bridgehead atoms. The summed E-state index contributed by atoms with van der Waals surface area (Å²) in [6, 6.07) is 4.94. The molecule has 5 amide bonds. The van der Waals surface area contributed by atoms with Crippen molar-refractivity contribution in [3.8, 4) is 5.75 Å². The zero-order chi connectivity index (χ0) is 44.0. The maximum absolute atomic E-state index is 14.1. The highest BCUT2D eigenvalue weighted by atomic mass is 33.1. The number of aromatic nitrogens is 1. The van der Waals surface area contributed by atoms with Gasteiger partial charge in [-0.3, -0.25) is 34.3 Å². The first-order chi connectivity index (χ1) is 28.8. The number of likely N-dealkylation sites (N-methyl/N-ethyl adjacent to an activating group) is 1. The summed E-state index contributed by atoms with van der Waals surface area (Å²) in [5.74, 6) is -1.90. The maximum atomic E-state index is 14.1. The molecule has 334 valence electrons. The topological polar surface area (TPSA) is 209 Å². The second-order valence-electron chi connectivity index (χ2n) is 15.0. The summed E-state index contributed by atoms with van der Waals surface area (Å²) in [5, 5.41) is 18.1. The van der Waals surface area contributed by atoms with E-state index in [1.54, 1.807) is 58.2 Å². The van der Waals surface area contributed by atoms with Crippen molar-refractivity contribution in [2.75, 3.05) is 45.5 Å². The fourth-order valence-electron chi connectivity index (χ4n) is 6.58. The average Bonchev–Trinajstić information content (AvgIpc) is 3.71. The number of hydrazine groups is 1. The van der Waals surface area contributed by atoms with Crippen LogP contribution in [0.1, 0.15) is 100 Å². The van der Waals surface area contributed by atoms with Crippen LogP contribution >= 0.6 is 32.9 Å². The Balaban J connectivity index is 1.66. The summed E-state index contributed by atoms with van der Waals surface area (Å²) in [6.45, 7) is 8.42. The fourth-order valence-corrected chi connectivity index (χ4v) is 8.42. The van der Waals surface area contributed by atoms with Crippen LogP contribution in [0.4, 0.5) is 4.79 Å². The molecule has 5 atom stereocenters. The fraction of sp³-hybridized carbons (Fsp3) is 0.634. The van der Waals surface area contributed by atoms with Gasteiger partial charge in [-0.05, 0) is 82.0 Å². The van der Waals surface area contributed by atoms with E-state index in [9.17, 15) is 33.9 Å². The first-order valence-corrected chi connectivity index (χ1v) is 24.2. The smallest absolute Gasteiger partial charge is 0.426 e. The Morgan fingerprint density at radius 2 is 1.80 bits per heavy atom. The van der Waals surface area contributed by atoms with Crippen LogP contribution in [-0.2, 0) is 41.5 Å². The number of ether oxygens (including phenoxy) is 2. The molecule has 60 heavy (non-hydrogen) atoms. The molecule has 1 aliphatic heterocycles. The van der Waals surface area contributed by atoms with E-state index in [1.807, 2.05) is 39.0 Å². The van der Waals surface area contributed by atoms with E-state index in [0.29, 0.717) is 42.9 Å². The lowest BCUT2D eigenvalue weighted by Gasteiger charge is -2.35. The van der Waals surface area contributed by atoms with Crippen molar-refractivity contribution in [3.05, 3.63) is 45.9 Å². The van der Waals surface area contributed by atoms with Gasteiger partial charge in [0.05, 0.1) is 11.0 Å². The van der Waals surface area contributed by atoms with Gasteiger partial charge in [-0.1, -0.05) is 74.3 Å². The van der Waals surface area contributed by atoms with Gasteiger partial charge >= 0.3 is 12.1 Å². The van der Waals surface area contributed by atoms with Gasteiger partial charge in [-0.15, -0.1) is 11.3 Å². The Kier molecular flexibility index (Phi) is 22.6. The Morgan fingerprint density at radius 1 is 1.05 bits per heavy atom. The summed E-state index contributed by atoms with van der Waals surface area (Å²) < 4.78 is 10.5. The van der Waals surface area contributed by atoms with Crippen molar-refractivity contribution in [2.45, 2.75) is 110 Å². The van der Waals surface area contributed by atoms with Crippen LogP contribution in [0.15, 0.2) is 29.6 Å². The molecule has 1 aromatic heterocycles. The van der Waals surface area contributed by atoms with Crippen LogP contribution in [-0.4, -0.2) is 119 Å². The van der Waals surface area contributed by atoms with Crippen molar-refractivity contribution >= 4 is 68.6 Å². The van der Waals surface area contributed by atoms with Gasteiger partial charge in [0.2, 0.25) is 17.7 Å². The molecule has 0 aliphatic carbocycles. The first-order valence-electron chi connectivity index (χ1n) is 20.6. The molecule has 16 nitrogen and oxygen atoms in total. The number of nitrogens with one attached hydrogen (secondary N) is 4. The molecule has 5 unspecified atom stereocenters. The van der Waals surface area contributed by atoms with Gasteiger partial charge in [0, 0.05) is 42.5 Å². The number of likely N-dealkylation sites (tertiary alicyclic amines) is 1. The molecule has 1 saturated heterocycles. The van der Waals surface area contributed by atoms with E-state index >= 15 is 0 Å². The normalized spacial score (nSPS) is 16.1. The lowest BCUT2D eigenvalue weighted by molar-refractivity contribution is -0.155. The Labute approximate surface area is 365 Å². The van der Waals surface area contributed by atoms with E-state index in [2.05, 4.69) is 26.5 Å². The minimum absolute atomic E-state index is 0.0990. The molecular weight excluding hydrogens is 831 g/mol. The second-order valence-corrected chi connectivity index (χ2v) is 18.6. The molecule has 2 heterocycles. The molecular formula is C41H63N7O9S3. The predicted molar refractivity (Wildman–Crippen MR) is 235 cm³/mol. The molecule has 1 aliphatic rings. The molecule has 2 aromatic rings. The number of esters is 1. The largest absolute Gasteiger partial charge is 0.508 e. The summed E-state index contributed by atoms with van der Waals surface area (Å²) in [4.78, 5) is 86.5. The van der Waals surface area contributed by atoms with Crippen LogP contribution in [0.2, 0.25) is 0 Å². The summed E-state index contributed by atoms with van der Waals surface area (Å²) in [5.41, 5.74) is 5.65. The Morgan fingerprint density at radius 3 is 2.48 bits per heavy atom. The van der Waals surface area contributed by atoms with E-state index in [4.69, 9.17) is 9.47 Å². The van der Waals surface area contributed by atoms with Crippen molar-refractivity contribution < 1.29 is 43.3 Å². The minimum atomic E-state index is -0.798. The van der Waals surface area contributed by atoms with Gasteiger partial charge in [-0.2, -0.15) is 0 Å². The zero-order valence-corrected chi connectivity index (χ0v) is 38.1. The highest BCUT2D eigenvalue weighted by Gasteiger charge is 2.34. The molecule has 0 saturated carbocycles. The van der Waals surface area contributed by atoms with E-state index in [-0.39, 0.29) is 67.9 Å². The quantitative estimate of drug-likeness (QED) is 0.0308. The zero-order valence-electron chi connectivity index (χ0n) is 35.7. The van der Waals surface area contributed by atoms with Crippen molar-refractivity contribution in [1.82, 2.24) is 36.3 Å². The van der Waals surface area contributed by atoms with Crippen LogP contribution in [0.25, 0.3) is 0 Å². The molecule has 5 N–H and O–H groups in total. The van der Waals surface area contributed by atoms with E-state index < -0.39 is 41.9 Å². The number of carbonyl (C=O) groups is 6. The number of benzene rings is 1. The van der Waals surface area contributed by atoms with Gasteiger partial charge in [-0.25, -0.2) is 15.2 Å². The number of aromatic hydroxyl groups is 1. The van der Waals surface area contributed by atoms with Crippen LogP contribution in [0.5, 0.6) is 5.75 Å². The van der Waals surface area contributed by atoms with Crippen molar-refractivity contribution in [1.29, 1.82) is 0 Å². The van der Waals surface area contributed by atoms with E-state index in [1.165, 1.54) is 16.2 Å². The number of amides is 5. The SMILES string of the molecule is CCCC(=O)OCN(CCCc1nc(C(=O)NC(Cc2ccc(O)cc2)CC(C)C(=O)NNC(=O)OCCSSC)cs1)C(=O)C(NC(=O)C1CCCCN1C)C(C)CC. The number of phenolic OH excluding ortho intramolecular Hbond substituents is 1. The monoisotopic (exact) mass is 893 g/mol. The Bertz CT molecular complexity index is 1680. The van der Waals surface area contributed by atoms with Crippen LogP contribution in [0, 0.1) is 11.8 Å². The summed E-state index contributed by atoms with van der Waals surface area (Å²) in [6.07, 6.45) is 6.76. The summed E-state index contributed by atoms with van der Waals surface area (Å²) >= 11 is 1.30. The number of phenols is 1. The molecule has 1 aromatic carbocycles. The van der Waals surface area contributed by atoms with Gasteiger partial charge in [0.15, 0.2) is 6.73 Å². The van der Waals surface area contributed by atoms with Crippen molar-refractivity contribution in [2.24, 2.45) is 11.8 Å². The summed E-state index contributed by atoms with van der Waals surface area (Å²) in [7, 11) is 5.02. The molecule has 1 fully saturated rings. The third-order valence-electron chi connectivity index (χ3n) is 10.2. The number of thiazole rings is 1. The number of rotatable bonds is 24.